The Hall–Kier alpha value is -1.18. The van der Waals surface area contributed by atoms with E-state index in [1.165, 1.54) is 12.1 Å². The van der Waals surface area contributed by atoms with E-state index < -0.39 is 4.92 Å². The third-order valence-electron chi connectivity index (χ3n) is 2.39. The van der Waals surface area contributed by atoms with Crippen molar-refractivity contribution in [3.05, 3.63) is 27.1 Å². The number of carbonyl (C=O) groups is 1. The standard InChI is InChI=1S/C9H11N3O3S.ClH/c13-9(11-5-3-10-4-6-11)7-1-2-8(16-7)12(14)15;/h1-2,10H,3-6H2;1H. The first-order valence-electron chi connectivity index (χ1n) is 4.92. The molecule has 0 aromatic carbocycles. The number of hydrogen-bond donors (Lipinski definition) is 1. The molecule has 0 radical (unpaired) electrons. The molecule has 0 bridgehead atoms. The van der Waals surface area contributed by atoms with Crippen molar-refractivity contribution in [2.45, 2.75) is 0 Å². The minimum atomic E-state index is -0.473. The molecule has 6 nitrogen and oxygen atoms in total. The Morgan fingerprint density at radius 2 is 2.06 bits per heavy atom. The van der Waals surface area contributed by atoms with Gasteiger partial charge in [-0.05, 0) is 6.07 Å². The molecule has 8 heteroatoms. The molecule has 1 saturated heterocycles. The lowest BCUT2D eigenvalue weighted by atomic mass is 10.3. The van der Waals surface area contributed by atoms with Gasteiger partial charge in [0, 0.05) is 32.2 Å². The molecule has 1 N–H and O–H groups in total. The molecule has 0 saturated carbocycles. The van der Waals surface area contributed by atoms with Gasteiger partial charge < -0.3 is 10.2 Å². The Balaban J connectivity index is 0.00000144. The van der Waals surface area contributed by atoms with Crippen LogP contribution in [0.3, 0.4) is 0 Å². The molecule has 2 heterocycles. The monoisotopic (exact) mass is 277 g/mol. The highest BCUT2D eigenvalue weighted by Gasteiger charge is 2.21. The molecule has 0 aliphatic carbocycles. The van der Waals surface area contributed by atoms with Crippen LogP contribution in [0.5, 0.6) is 0 Å². The fourth-order valence-electron chi connectivity index (χ4n) is 1.56. The summed E-state index contributed by atoms with van der Waals surface area (Å²) in [4.78, 5) is 24.1. The van der Waals surface area contributed by atoms with Crippen molar-refractivity contribution in [3.63, 3.8) is 0 Å². The largest absolute Gasteiger partial charge is 0.335 e. The summed E-state index contributed by atoms with van der Waals surface area (Å²) < 4.78 is 0. The summed E-state index contributed by atoms with van der Waals surface area (Å²) in [7, 11) is 0. The van der Waals surface area contributed by atoms with Crippen molar-refractivity contribution >= 4 is 34.7 Å². The first-order valence-corrected chi connectivity index (χ1v) is 5.74. The van der Waals surface area contributed by atoms with E-state index in [1.807, 2.05) is 0 Å². The zero-order chi connectivity index (χ0) is 11.5. The highest BCUT2D eigenvalue weighted by molar-refractivity contribution is 7.17. The van der Waals surface area contributed by atoms with Crippen molar-refractivity contribution in [2.24, 2.45) is 0 Å². The third kappa shape index (κ3) is 3.15. The summed E-state index contributed by atoms with van der Waals surface area (Å²) >= 11 is 0.932. The molecule has 0 atom stereocenters. The molecule has 1 aliphatic heterocycles. The molecule has 1 amide bonds. The maximum Gasteiger partial charge on any atom is 0.324 e. The minimum Gasteiger partial charge on any atom is -0.335 e. The number of thiophene rings is 1. The van der Waals surface area contributed by atoms with E-state index in [0.717, 1.165) is 24.4 Å². The number of halogens is 1. The van der Waals surface area contributed by atoms with Crippen LogP contribution in [0.15, 0.2) is 12.1 Å². The van der Waals surface area contributed by atoms with Crippen molar-refractivity contribution in [1.29, 1.82) is 0 Å². The minimum absolute atomic E-state index is 0. The molecular weight excluding hydrogens is 266 g/mol. The smallest absolute Gasteiger partial charge is 0.324 e. The SMILES string of the molecule is Cl.O=C(c1ccc([N+](=O)[O-])s1)N1CCNCC1. The second-order valence-corrected chi connectivity index (χ2v) is 4.50. The van der Waals surface area contributed by atoms with Crippen molar-refractivity contribution in [2.75, 3.05) is 26.2 Å². The van der Waals surface area contributed by atoms with Gasteiger partial charge in [-0.3, -0.25) is 14.9 Å². The summed E-state index contributed by atoms with van der Waals surface area (Å²) in [5.74, 6) is -0.111. The van der Waals surface area contributed by atoms with Crippen LogP contribution in [0.25, 0.3) is 0 Å². The quantitative estimate of drug-likeness (QED) is 0.649. The van der Waals surface area contributed by atoms with Crippen molar-refractivity contribution in [1.82, 2.24) is 10.2 Å². The van der Waals surface area contributed by atoms with Crippen molar-refractivity contribution < 1.29 is 9.72 Å². The highest BCUT2D eigenvalue weighted by atomic mass is 35.5. The van der Waals surface area contributed by atoms with E-state index in [1.54, 1.807) is 4.90 Å². The van der Waals surface area contributed by atoms with E-state index in [-0.39, 0.29) is 23.3 Å². The molecule has 1 aromatic rings. The molecule has 1 aromatic heterocycles. The maximum absolute atomic E-state index is 11.9. The van der Waals surface area contributed by atoms with Crippen molar-refractivity contribution in [3.8, 4) is 0 Å². The average molecular weight is 278 g/mol. The number of piperazine rings is 1. The van der Waals surface area contributed by atoms with E-state index in [9.17, 15) is 14.9 Å². The predicted octanol–water partition coefficient (Wildman–Crippen LogP) is 1.12. The van der Waals surface area contributed by atoms with E-state index in [2.05, 4.69) is 5.32 Å². The third-order valence-corrected chi connectivity index (χ3v) is 3.41. The molecule has 0 spiro atoms. The Bertz CT molecular complexity index is 417. The summed E-state index contributed by atoms with van der Waals surface area (Å²) in [5, 5.41) is 13.7. The van der Waals surface area contributed by atoms with Crippen LogP contribution in [0, 0.1) is 10.1 Å². The zero-order valence-electron chi connectivity index (χ0n) is 8.92. The molecule has 1 aliphatic rings. The van der Waals surface area contributed by atoms with Crippen LogP contribution < -0.4 is 5.32 Å². The Kier molecular flexibility index (Phi) is 4.86. The molecule has 17 heavy (non-hydrogen) atoms. The Morgan fingerprint density at radius 3 is 2.59 bits per heavy atom. The number of nitro groups is 1. The second kappa shape index (κ2) is 5.95. The van der Waals surface area contributed by atoms with Gasteiger partial charge in [0.2, 0.25) is 0 Å². The topological polar surface area (TPSA) is 75.5 Å². The average Bonchev–Trinajstić information content (AvgIpc) is 2.78. The Labute approximate surface area is 108 Å². The summed E-state index contributed by atoms with van der Waals surface area (Å²) in [6, 6.07) is 2.90. The zero-order valence-corrected chi connectivity index (χ0v) is 10.6. The van der Waals surface area contributed by atoms with Gasteiger partial charge in [0.15, 0.2) is 0 Å². The summed E-state index contributed by atoms with van der Waals surface area (Å²) in [6.45, 7) is 2.87. The number of rotatable bonds is 2. The van der Waals surface area contributed by atoms with E-state index >= 15 is 0 Å². The van der Waals surface area contributed by atoms with Crippen LogP contribution in [0.1, 0.15) is 9.67 Å². The number of amides is 1. The van der Waals surface area contributed by atoms with Crippen LogP contribution in [-0.4, -0.2) is 41.9 Å². The lowest BCUT2D eigenvalue weighted by Crippen LogP contribution is -2.46. The van der Waals surface area contributed by atoms with Gasteiger partial charge in [-0.25, -0.2) is 0 Å². The Morgan fingerprint density at radius 1 is 1.41 bits per heavy atom. The fraction of sp³-hybridized carbons (Fsp3) is 0.444. The molecular formula is C9H12ClN3O3S. The predicted molar refractivity (Wildman–Crippen MR) is 67.0 cm³/mol. The normalized spacial score (nSPS) is 15.2. The van der Waals surface area contributed by atoms with Crippen LogP contribution in [0.2, 0.25) is 0 Å². The lowest BCUT2D eigenvalue weighted by molar-refractivity contribution is -0.380. The lowest BCUT2D eigenvalue weighted by Gasteiger charge is -2.26. The number of carbonyl (C=O) groups excluding carboxylic acids is 1. The second-order valence-electron chi connectivity index (χ2n) is 3.44. The van der Waals surface area contributed by atoms with E-state index in [0.29, 0.717) is 18.0 Å². The first-order chi connectivity index (χ1) is 7.68. The van der Waals surface area contributed by atoms with Gasteiger partial charge in [0.25, 0.3) is 5.91 Å². The first kappa shape index (κ1) is 13.9. The van der Waals surface area contributed by atoms with Gasteiger partial charge >= 0.3 is 5.00 Å². The number of nitrogens with zero attached hydrogens (tertiary/aromatic N) is 2. The maximum atomic E-state index is 11.9. The van der Waals surface area contributed by atoms with Crippen LogP contribution in [0.4, 0.5) is 5.00 Å². The molecule has 0 unspecified atom stereocenters. The van der Waals surface area contributed by atoms with Crippen LogP contribution in [-0.2, 0) is 0 Å². The van der Waals surface area contributed by atoms with Gasteiger partial charge in [0.05, 0.1) is 9.80 Å². The van der Waals surface area contributed by atoms with Crippen LogP contribution >= 0.6 is 23.7 Å². The molecule has 94 valence electrons. The summed E-state index contributed by atoms with van der Waals surface area (Å²) in [5.41, 5.74) is 0. The fourth-order valence-corrected chi connectivity index (χ4v) is 2.35. The molecule has 2 rings (SSSR count). The number of hydrogen-bond acceptors (Lipinski definition) is 5. The highest BCUT2D eigenvalue weighted by Crippen LogP contribution is 2.25. The van der Waals surface area contributed by atoms with Gasteiger partial charge in [-0.15, -0.1) is 12.4 Å². The van der Waals surface area contributed by atoms with Gasteiger partial charge in [0.1, 0.15) is 0 Å². The van der Waals surface area contributed by atoms with E-state index in [4.69, 9.17) is 0 Å². The van der Waals surface area contributed by atoms with Gasteiger partial charge in [-0.1, -0.05) is 11.3 Å². The van der Waals surface area contributed by atoms with Gasteiger partial charge in [-0.2, -0.15) is 0 Å². The number of nitrogens with one attached hydrogen (secondary N) is 1. The molecule has 1 fully saturated rings. The summed E-state index contributed by atoms with van der Waals surface area (Å²) in [6.07, 6.45) is 0.